The minimum absolute atomic E-state index is 0.199. The molecular weight excluding hydrogens is 146 g/mol. The smallest absolute Gasteiger partial charge is 0.185 e. The van der Waals surface area contributed by atoms with E-state index >= 15 is 0 Å². The van der Waals surface area contributed by atoms with Gasteiger partial charge in [0.05, 0.1) is 0 Å². The summed E-state index contributed by atoms with van der Waals surface area (Å²) >= 11 is 1.38. The molecule has 2 nitrogen and oxygen atoms in total. The van der Waals surface area contributed by atoms with Gasteiger partial charge >= 0.3 is 0 Å². The van der Waals surface area contributed by atoms with Gasteiger partial charge in [-0.3, -0.25) is 4.79 Å². The van der Waals surface area contributed by atoms with Crippen LogP contribution < -0.4 is 5.32 Å². The highest BCUT2D eigenvalue weighted by Gasteiger charge is 2.00. The molecule has 3 heteroatoms. The molecule has 0 bridgehead atoms. The molecule has 0 heterocycles. The molecule has 0 saturated carbocycles. The molecule has 0 aromatic rings. The number of carbonyl (C=O) groups is 1. The van der Waals surface area contributed by atoms with Crippen molar-refractivity contribution in [2.45, 2.75) is 26.8 Å². The van der Waals surface area contributed by atoms with Crippen molar-refractivity contribution in [3.63, 3.8) is 0 Å². The molecule has 1 unspecified atom stereocenters. The second kappa shape index (κ2) is 5.74. The van der Waals surface area contributed by atoms with Crippen LogP contribution in [0.15, 0.2) is 0 Å². The Bertz CT molecular complexity index is 106. The fourth-order valence-corrected chi connectivity index (χ4v) is 1.25. The van der Waals surface area contributed by atoms with E-state index in [9.17, 15) is 4.79 Å². The Morgan fingerprint density at radius 2 is 2.30 bits per heavy atom. The first kappa shape index (κ1) is 9.98. The lowest BCUT2D eigenvalue weighted by molar-refractivity contribution is -0.109. The Kier molecular flexibility index (Phi) is 5.73. The van der Waals surface area contributed by atoms with Crippen molar-refractivity contribution in [1.29, 1.82) is 0 Å². The summed E-state index contributed by atoms with van der Waals surface area (Å²) in [6, 6.07) is 0.443. The molecule has 0 radical (unpaired) electrons. The summed E-state index contributed by atoms with van der Waals surface area (Å²) < 4.78 is 0. The van der Waals surface area contributed by atoms with Gasteiger partial charge in [-0.1, -0.05) is 18.7 Å². The van der Waals surface area contributed by atoms with Crippen LogP contribution in [-0.2, 0) is 4.79 Å². The zero-order chi connectivity index (χ0) is 7.98. The van der Waals surface area contributed by atoms with Crippen LogP contribution in [0.1, 0.15) is 20.8 Å². The van der Waals surface area contributed by atoms with E-state index in [1.807, 2.05) is 0 Å². The van der Waals surface area contributed by atoms with Crippen LogP contribution in [0.2, 0.25) is 0 Å². The Labute approximate surface area is 66.8 Å². The maximum absolute atomic E-state index is 10.5. The fourth-order valence-electron chi connectivity index (χ4n) is 0.650. The molecule has 0 aromatic heterocycles. The quantitative estimate of drug-likeness (QED) is 0.673. The third-order valence-electron chi connectivity index (χ3n) is 1.09. The standard InChI is InChI=1S/C7H15NOS/c1-4-8-6(2)5-10-7(3)9/h6,8H,4-5H2,1-3H3. The van der Waals surface area contributed by atoms with Crippen LogP contribution in [0.4, 0.5) is 0 Å². The van der Waals surface area contributed by atoms with Crippen molar-refractivity contribution >= 4 is 16.9 Å². The highest BCUT2D eigenvalue weighted by Crippen LogP contribution is 2.02. The molecule has 1 atom stereocenters. The average Bonchev–Trinajstić information content (AvgIpc) is 1.85. The Hall–Kier alpha value is -0.0200. The summed E-state index contributed by atoms with van der Waals surface area (Å²) in [5.41, 5.74) is 0. The van der Waals surface area contributed by atoms with Crippen molar-refractivity contribution in [3.05, 3.63) is 0 Å². The van der Waals surface area contributed by atoms with Gasteiger partial charge in [-0.25, -0.2) is 0 Å². The number of rotatable bonds is 4. The zero-order valence-electron chi connectivity index (χ0n) is 6.81. The monoisotopic (exact) mass is 161 g/mol. The SMILES string of the molecule is CCNC(C)CSC(C)=O. The predicted octanol–water partition coefficient (Wildman–Crippen LogP) is 1.26. The molecule has 0 aliphatic carbocycles. The summed E-state index contributed by atoms with van der Waals surface area (Å²) in [7, 11) is 0. The summed E-state index contributed by atoms with van der Waals surface area (Å²) in [5.74, 6) is 0.878. The van der Waals surface area contributed by atoms with Gasteiger partial charge in [-0.05, 0) is 13.5 Å². The molecule has 60 valence electrons. The first-order chi connectivity index (χ1) is 4.66. The third kappa shape index (κ3) is 6.11. The number of carbonyl (C=O) groups excluding carboxylic acids is 1. The third-order valence-corrected chi connectivity index (χ3v) is 2.16. The van der Waals surface area contributed by atoms with Gasteiger partial charge in [-0.2, -0.15) is 0 Å². The second-order valence-electron chi connectivity index (χ2n) is 2.26. The zero-order valence-corrected chi connectivity index (χ0v) is 7.62. The lowest BCUT2D eigenvalue weighted by atomic mass is 10.4. The summed E-state index contributed by atoms with van der Waals surface area (Å²) in [5, 5.41) is 3.43. The normalized spacial score (nSPS) is 13.1. The minimum atomic E-state index is 0.199. The summed E-state index contributed by atoms with van der Waals surface area (Å²) in [6.07, 6.45) is 0. The van der Waals surface area contributed by atoms with Crippen LogP contribution in [-0.4, -0.2) is 23.5 Å². The van der Waals surface area contributed by atoms with Gasteiger partial charge < -0.3 is 5.32 Å². The first-order valence-corrected chi connectivity index (χ1v) is 4.52. The highest BCUT2D eigenvalue weighted by molar-refractivity contribution is 8.13. The maximum atomic E-state index is 10.5. The van der Waals surface area contributed by atoms with Gasteiger partial charge in [0.1, 0.15) is 0 Å². The van der Waals surface area contributed by atoms with Crippen molar-refractivity contribution in [3.8, 4) is 0 Å². The predicted molar refractivity (Wildman–Crippen MR) is 46.3 cm³/mol. The van der Waals surface area contributed by atoms with Gasteiger partial charge in [0.2, 0.25) is 0 Å². The Morgan fingerprint density at radius 3 is 2.70 bits per heavy atom. The largest absolute Gasteiger partial charge is 0.314 e. The molecule has 0 amide bonds. The summed E-state index contributed by atoms with van der Waals surface area (Å²) in [4.78, 5) is 10.5. The Balaban J connectivity index is 3.21. The van der Waals surface area contributed by atoms with Crippen LogP contribution in [0.3, 0.4) is 0 Å². The van der Waals surface area contributed by atoms with Crippen molar-refractivity contribution < 1.29 is 4.79 Å². The molecule has 10 heavy (non-hydrogen) atoms. The van der Waals surface area contributed by atoms with Gasteiger partial charge in [0.25, 0.3) is 0 Å². The molecule has 0 rings (SSSR count). The molecule has 0 fully saturated rings. The van der Waals surface area contributed by atoms with Crippen LogP contribution >= 0.6 is 11.8 Å². The van der Waals surface area contributed by atoms with E-state index < -0.39 is 0 Å². The van der Waals surface area contributed by atoms with Crippen LogP contribution in [0.25, 0.3) is 0 Å². The van der Waals surface area contributed by atoms with Crippen molar-refractivity contribution in [2.75, 3.05) is 12.3 Å². The maximum Gasteiger partial charge on any atom is 0.185 e. The molecule has 0 aromatic carbocycles. The van der Waals surface area contributed by atoms with E-state index in [0.29, 0.717) is 6.04 Å². The van der Waals surface area contributed by atoms with Gasteiger partial charge in [-0.15, -0.1) is 0 Å². The first-order valence-electron chi connectivity index (χ1n) is 3.53. The van der Waals surface area contributed by atoms with Crippen molar-refractivity contribution in [1.82, 2.24) is 5.32 Å². The average molecular weight is 161 g/mol. The molecule has 0 saturated heterocycles. The summed E-state index contributed by atoms with van der Waals surface area (Å²) in [6.45, 7) is 6.72. The van der Waals surface area contributed by atoms with E-state index in [2.05, 4.69) is 19.2 Å². The topological polar surface area (TPSA) is 29.1 Å². The molecule has 0 spiro atoms. The van der Waals surface area contributed by atoms with E-state index in [1.54, 1.807) is 6.92 Å². The highest BCUT2D eigenvalue weighted by atomic mass is 32.2. The molecule has 0 aliphatic rings. The number of thioether (sulfide) groups is 1. The van der Waals surface area contributed by atoms with Crippen molar-refractivity contribution in [2.24, 2.45) is 0 Å². The van der Waals surface area contributed by atoms with E-state index in [4.69, 9.17) is 0 Å². The van der Waals surface area contributed by atoms with E-state index in [1.165, 1.54) is 11.8 Å². The number of hydrogen-bond acceptors (Lipinski definition) is 3. The fraction of sp³-hybridized carbons (Fsp3) is 0.857. The lowest BCUT2D eigenvalue weighted by Crippen LogP contribution is -2.27. The van der Waals surface area contributed by atoms with Crippen LogP contribution in [0, 0.1) is 0 Å². The lowest BCUT2D eigenvalue weighted by Gasteiger charge is -2.09. The van der Waals surface area contributed by atoms with Gasteiger partial charge in [0.15, 0.2) is 5.12 Å². The molecule has 1 N–H and O–H groups in total. The van der Waals surface area contributed by atoms with E-state index in [0.717, 1.165) is 12.3 Å². The number of hydrogen-bond donors (Lipinski definition) is 1. The number of nitrogens with one attached hydrogen (secondary N) is 1. The molecular formula is C7H15NOS. The minimum Gasteiger partial charge on any atom is -0.314 e. The second-order valence-corrected chi connectivity index (χ2v) is 3.46. The van der Waals surface area contributed by atoms with E-state index in [-0.39, 0.29) is 5.12 Å². The molecule has 0 aliphatic heterocycles. The Morgan fingerprint density at radius 1 is 1.70 bits per heavy atom. The van der Waals surface area contributed by atoms with Gasteiger partial charge in [0, 0.05) is 18.7 Å². The van der Waals surface area contributed by atoms with Crippen LogP contribution in [0.5, 0.6) is 0 Å².